The van der Waals surface area contributed by atoms with E-state index in [9.17, 15) is 14.7 Å². The van der Waals surface area contributed by atoms with Crippen molar-refractivity contribution in [3.05, 3.63) is 12.2 Å². The van der Waals surface area contributed by atoms with Gasteiger partial charge in [0.25, 0.3) is 0 Å². The number of carboxylic acids is 1. The zero-order valence-corrected chi connectivity index (χ0v) is 13.0. The molecule has 4 unspecified atom stereocenters. The number of carboxylic acid groups (broad SMARTS) is 1. The molecule has 0 aromatic rings. The molecule has 2 bridgehead atoms. The molecule has 2 N–H and O–H groups in total. The number of carbonyl (C=O) groups excluding carboxylic acids is 1. The van der Waals surface area contributed by atoms with Crippen LogP contribution in [0.2, 0.25) is 0 Å². The first-order valence-corrected chi connectivity index (χ1v) is 8.58. The second-order valence-corrected chi connectivity index (χ2v) is 6.88. The van der Waals surface area contributed by atoms with E-state index < -0.39 is 11.9 Å². The van der Waals surface area contributed by atoms with Crippen LogP contribution in [-0.2, 0) is 9.59 Å². The molecule has 5 nitrogen and oxygen atoms in total. The maximum Gasteiger partial charge on any atom is 0.307 e. The van der Waals surface area contributed by atoms with Gasteiger partial charge in [-0.1, -0.05) is 12.2 Å². The van der Waals surface area contributed by atoms with Gasteiger partial charge >= 0.3 is 5.97 Å². The van der Waals surface area contributed by atoms with E-state index in [-0.39, 0.29) is 23.7 Å². The first-order chi connectivity index (χ1) is 10.7. The van der Waals surface area contributed by atoms with Crippen LogP contribution in [-0.4, -0.2) is 48.1 Å². The number of hydrogen-bond donors (Lipinski definition) is 2. The highest BCUT2D eigenvalue weighted by Crippen LogP contribution is 2.48. The third-order valence-electron chi connectivity index (χ3n) is 5.45. The largest absolute Gasteiger partial charge is 0.481 e. The van der Waals surface area contributed by atoms with Gasteiger partial charge in [0.05, 0.1) is 11.8 Å². The fourth-order valence-corrected chi connectivity index (χ4v) is 4.31. The standard InChI is InChI=1S/C17H26N2O3/c20-16(18-7-1-2-8-19-9-3-4-10-19)14-12-5-6-13(11-12)15(14)17(21)22/h5-6,12-15H,1-4,7-11H2,(H,18,20)(H,21,22). The van der Waals surface area contributed by atoms with Crippen molar-refractivity contribution in [1.29, 1.82) is 0 Å². The van der Waals surface area contributed by atoms with Crippen LogP contribution in [0, 0.1) is 23.7 Å². The van der Waals surface area contributed by atoms with Crippen molar-refractivity contribution in [2.75, 3.05) is 26.2 Å². The van der Waals surface area contributed by atoms with Gasteiger partial charge in [0.15, 0.2) is 0 Å². The summed E-state index contributed by atoms with van der Waals surface area (Å²) in [5, 5.41) is 12.3. The van der Waals surface area contributed by atoms with E-state index in [1.165, 1.54) is 25.9 Å². The monoisotopic (exact) mass is 306 g/mol. The molecule has 1 saturated heterocycles. The number of amides is 1. The molecule has 3 rings (SSSR count). The molecule has 22 heavy (non-hydrogen) atoms. The lowest BCUT2D eigenvalue weighted by Gasteiger charge is -2.24. The van der Waals surface area contributed by atoms with Gasteiger partial charge in [0.1, 0.15) is 0 Å². The van der Waals surface area contributed by atoms with Gasteiger partial charge in [-0.3, -0.25) is 9.59 Å². The Balaban J connectivity index is 1.40. The van der Waals surface area contributed by atoms with E-state index in [4.69, 9.17) is 0 Å². The number of rotatable bonds is 7. The molecule has 3 aliphatic rings. The second kappa shape index (κ2) is 6.82. The van der Waals surface area contributed by atoms with Crippen LogP contribution in [0.5, 0.6) is 0 Å². The lowest BCUT2D eigenvalue weighted by molar-refractivity contribution is -0.147. The van der Waals surface area contributed by atoms with Gasteiger partial charge in [-0.15, -0.1) is 0 Å². The molecule has 122 valence electrons. The predicted molar refractivity (Wildman–Crippen MR) is 83.3 cm³/mol. The van der Waals surface area contributed by atoms with Crippen LogP contribution >= 0.6 is 0 Å². The molecule has 0 spiro atoms. The minimum atomic E-state index is -0.828. The van der Waals surface area contributed by atoms with E-state index in [1.807, 2.05) is 12.2 Å². The number of likely N-dealkylation sites (tertiary alicyclic amines) is 1. The smallest absolute Gasteiger partial charge is 0.307 e. The summed E-state index contributed by atoms with van der Waals surface area (Å²) in [6.45, 7) is 4.20. The third kappa shape index (κ3) is 3.19. The highest BCUT2D eigenvalue weighted by Gasteiger charge is 2.51. The molecular weight excluding hydrogens is 280 g/mol. The van der Waals surface area contributed by atoms with Crippen molar-refractivity contribution >= 4 is 11.9 Å². The lowest BCUT2D eigenvalue weighted by atomic mass is 9.82. The van der Waals surface area contributed by atoms with Crippen LogP contribution in [0.1, 0.15) is 32.1 Å². The number of carbonyl (C=O) groups is 2. The number of aliphatic carboxylic acids is 1. The number of nitrogens with one attached hydrogen (secondary N) is 1. The molecule has 1 saturated carbocycles. The number of unbranched alkanes of at least 4 members (excludes halogenated alkanes) is 1. The SMILES string of the molecule is O=C(O)C1C2C=CC(C2)C1C(=O)NCCCCN1CCCC1. The average molecular weight is 306 g/mol. The Hall–Kier alpha value is -1.36. The van der Waals surface area contributed by atoms with E-state index in [0.717, 1.165) is 25.8 Å². The number of allylic oxidation sites excluding steroid dienone is 2. The van der Waals surface area contributed by atoms with Crippen LogP contribution in [0.4, 0.5) is 0 Å². The number of nitrogens with zero attached hydrogens (tertiary/aromatic N) is 1. The fraction of sp³-hybridized carbons (Fsp3) is 0.765. The van der Waals surface area contributed by atoms with Crippen LogP contribution in [0.3, 0.4) is 0 Å². The molecule has 2 aliphatic carbocycles. The van der Waals surface area contributed by atoms with Gasteiger partial charge in [-0.05, 0) is 63.6 Å². The second-order valence-electron chi connectivity index (χ2n) is 6.88. The molecular formula is C17H26N2O3. The highest BCUT2D eigenvalue weighted by atomic mass is 16.4. The van der Waals surface area contributed by atoms with Crippen LogP contribution in [0.25, 0.3) is 0 Å². The summed E-state index contributed by atoms with van der Waals surface area (Å²) in [6.07, 6.45) is 9.51. The maximum atomic E-state index is 12.4. The molecule has 5 heteroatoms. The average Bonchev–Trinajstić information content (AvgIpc) is 3.22. The van der Waals surface area contributed by atoms with Crippen molar-refractivity contribution in [2.45, 2.75) is 32.1 Å². The van der Waals surface area contributed by atoms with Gasteiger partial charge in [0, 0.05) is 6.54 Å². The summed E-state index contributed by atoms with van der Waals surface area (Å²) in [4.78, 5) is 26.2. The van der Waals surface area contributed by atoms with Crippen LogP contribution in [0.15, 0.2) is 12.2 Å². The molecule has 4 atom stereocenters. The quantitative estimate of drug-likeness (QED) is 0.552. The van der Waals surface area contributed by atoms with E-state index in [1.54, 1.807) is 0 Å². The zero-order valence-electron chi connectivity index (χ0n) is 13.0. The minimum absolute atomic E-state index is 0.0495. The van der Waals surface area contributed by atoms with E-state index in [2.05, 4.69) is 10.2 Å². The fourth-order valence-electron chi connectivity index (χ4n) is 4.31. The topological polar surface area (TPSA) is 69.6 Å². The summed E-state index contributed by atoms with van der Waals surface area (Å²) in [6, 6.07) is 0. The van der Waals surface area contributed by atoms with Gasteiger partial charge in [-0.2, -0.15) is 0 Å². The Labute approximate surface area is 131 Å². The Morgan fingerprint density at radius 3 is 2.45 bits per heavy atom. The molecule has 1 heterocycles. The predicted octanol–water partition coefficient (Wildman–Crippen LogP) is 1.50. The first kappa shape index (κ1) is 15.5. The molecule has 0 aromatic carbocycles. The minimum Gasteiger partial charge on any atom is -0.481 e. The summed E-state index contributed by atoms with van der Waals surface area (Å²) < 4.78 is 0. The molecule has 1 aliphatic heterocycles. The van der Waals surface area contributed by atoms with Crippen LogP contribution < -0.4 is 5.32 Å². The van der Waals surface area contributed by atoms with Gasteiger partial charge in [0.2, 0.25) is 5.91 Å². The Kier molecular flexibility index (Phi) is 4.81. The molecule has 1 amide bonds. The summed E-state index contributed by atoms with van der Waals surface area (Å²) in [7, 11) is 0. The van der Waals surface area contributed by atoms with Crippen molar-refractivity contribution in [1.82, 2.24) is 10.2 Å². The first-order valence-electron chi connectivity index (χ1n) is 8.58. The molecule has 2 fully saturated rings. The van der Waals surface area contributed by atoms with E-state index in [0.29, 0.717) is 6.54 Å². The van der Waals surface area contributed by atoms with E-state index >= 15 is 0 Å². The Morgan fingerprint density at radius 2 is 1.77 bits per heavy atom. The number of fused-ring (bicyclic) bond motifs is 2. The van der Waals surface area contributed by atoms with Crippen molar-refractivity contribution < 1.29 is 14.7 Å². The molecule has 0 radical (unpaired) electrons. The highest BCUT2D eigenvalue weighted by molar-refractivity contribution is 5.86. The Bertz CT molecular complexity index is 457. The zero-order chi connectivity index (χ0) is 15.5. The van der Waals surface area contributed by atoms with Crippen molar-refractivity contribution in [3.63, 3.8) is 0 Å². The van der Waals surface area contributed by atoms with Crippen molar-refractivity contribution in [3.8, 4) is 0 Å². The van der Waals surface area contributed by atoms with Crippen molar-refractivity contribution in [2.24, 2.45) is 23.7 Å². The normalized spacial score (nSPS) is 33.5. The lowest BCUT2D eigenvalue weighted by Crippen LogP contribution is -2.40. The van der Waals surface area contributed by atoms with Gasteiger partial charge in [-0.25, -0.2) is 0 Å². The summed E-state index contributed by atoms with van der Waals surface area (Å²) >= 11 is 0. The molecule has 0 aromatic heterocycles. The maximum absolute atomic E-state index is 12.4. The Morgan fingerprint density at radius 1 is 1.09 bits per heavy atom. The third-order valence-corrected chi connectivity index (χ3v) is 5.45. The summed E-state index contributed by atoms with van der Waals surface area (Å²) in [5.74, 6) is -1.62. The summed E-state index contributed by atoms with van der Waals surface area (Å²) in [5.41, 5.74) is 0. The van der Waals surface area contributed by atoms with Gasteiger partial charge < -0.3 is 15.3 Å². The number of hydrogen-bond acceptors (Lipinski definition) is 3.